The Bertz CT molecular complexity index is 457. The topological polar surface area (TPSA) is 68.3 Å². The standard InChI is InChI=1S/C13H17ClN2O3/c1-4-11(17)19-8-13(2,3)16-12(18)10-6-5-9(14)7-15-10/h5-7H,4,8H2,1-3H3,(H,16,18). The molecule has 0 spiro atoms. The van der Waals surface area contributed by atoms with E-state index in [1.54, 1.807) is 26.8 Å². The van der Waals surface area contributed by atoms with Gasteiger partial charge in [-0.15, -0.1) is 0 Å². The maximum atomic E-state index is 11.9. The molecule has 1 N–H and O–H groups in total. The number of carbonyl (C=O) groups is 2. The van der Waals surface area contributed by atoms with Gasteiger partial charge in [0, 0.05) is 12.6 Å². The second-order valence-corrected chi connectivity index (χ2v) is 5.15. The Balaban J connectivity index is 2.59. The van der Waals surface area contributed by atoms with Crippen molar-refractivity contribution in [1.82, 2.24) is 10.3 Å². The number of nitrogens with zero attached hydrogens (tertiary/aromatic N) is 1. The largest absolute Gasteiger partial charge is 0.463 e. The molecule has 0 aromatic carbocycles. The summed E-state index contributed by atoms with van der Waals surface area (Å²) in [6.45, 7) is 5.36. The van der Waals surface area contributed by atoms with Gasteiger partial charge in [-0.05, 0) is 26.0 Å². The van der Waals surface area contributed by atoms with Crippen molar-refractivity contribution in [3.8, 4) is 0 Å². The summed E-state index contributed by atoms with van der Waals surface area (Å²) in [5, 5.41) is 3.22. The number of rotatable bonds is 5. The van der Waals surface area contributed by atoms with Crippen LogP contribution in [0.15, 0.2) is 18.3 Å². The molecule has 1 heterocycles. The van der Waals surface area contributed by atoms with Crippen LogP contribution in [0.4, 0.5) is 0 Å². The molecule has 0 aliphatic heterocycles. The zero-order valence-corrected chi connectivity index (χ0v) is 12.0. The lowest BCUT2D eigenvalue weighted by Gasteiger charge is -2.25. The molecule has 0 unspecified atom stereocenters. The number of hydrogen-bond acceptors (Lipinski definition) is 4. The van der Waals surface area contributed by atoms with Gasteiger partial charge in [-0.3, -0.25) is 9.59 Å². The van der Waals surface area contributed by atoms with Gasteiger partial charge in [0.1, 0.15) is 12.3 Å². The van der Waals surface area contributed by atoms with Crippen molar-refractivity contribution in [1.29, 1.82) is 0 Å². The van der Waals surface area contributed by atoms with Crippen molar-refractivity contribution in [3.05, 3.63) is 29.0 Å². The van der Waals surface area contributed by atoms with E-state index in [1.807, 2.05) is 0 Å². The Morgan fingerprint density at radius 1 is 1.42 bits per heavy atom. The van der Waals surface area contributed by atoms with Crippen molar-refractivity contribution in [2.75, 3.05) is 6.61 Å². The number of aromatic nitrogens is 1. The van der Waals surface area contributed by atoms with Gasteiger partial charge in [-0.1, -0.05) is 18.5 Å². The molecule has 0 fully saturated rings. The summed E-state index contributed by atoms with van der Waals surface area (Å²) in [7, 11) is 0. The fraction of sp³-hybridized carbons (Fsp3) is 0.462. The van der Waals surface area contributed by atoms with Crippen LogP contribution < -0.4 is 5.32 Å². The Hall–Kier alpha value is -1.62. The lowest BCUT2D eigenvalue weighted by atomic mass is 10.1. The molecule has 0 aliphatic rings. The number of halogens is 1. The normalized spacial score (nSPS) is 10.9. The maximum Gasteiger partial charge on any atom is 0.305 e. The Kier molecular flexibility index (Phi) is 5.30. The van der Waals surface area contributed by atoms with Gasteiger partial charge in [0.25, 0.3) is 5.91 Å². The predicted octanol–water partition coefficient (Wildman–Crippen LogP) is 2.20. The highest BCUT2D eigenvalue weighted by Gasteiger charge is 2.23. The van der Waals surface area contributed by atoms with E-state index in [4.69, 9.17) is 16.3 Å². The maximum absolute atomic E-state index is 11.9. The van der Waals surface area contributed by atoms with Gasteiger partial charge in [0.05, 0.1) is 10.6 Å². The van der Waals surface area contributed by atoms with Crippen LogP contribution in [0, 0.1) is 0 Å². The minimum atomic E-state index is -0.663. The van der Waals surface area contributed by atoms with E-state index < -0.39 is 5.54 Å². The van der Waals surface area contributed by atoms with Crippen molar-refractivity contribution in [3.63, 3.8) is 0 Å². The zero-order chi connectivity index (χ0) is 14.5. The first-order chi connectivity index (χ1) is 8.84. The molecule has 1 amide bonds. The van der Waals surface area contributed by atoms with Crippen LogP contribution in [-0.2, 0) is 9.53 Å². The summed E-state index contributed by atoms with van der Waals surface area (Å²) in [6, 6.07) is 3.12. The summed E-state index contributed by atoms with van der Waals surface area (Å²) in [5.74, 6) is -0.638. The number of nitrogens with one attached hydrogen (secondary N) is 1. The van der Waals surface area contributed by atoms with Crippen molar-refractivity contribution >= 4 is 23.5 Å². The van der Waals surface area contributed by atoms with Crippen molar-refractivity contribution < 1.29 is 14.3 Å². The lowest BCUT2D eigenvalue weighted by molar-refractivity contribution is -0.145. The van der Waals surface area contributed by atoms with E-state index in [1.165, 1.54) is 12.3 Å². The van der Waals surface area contributed by atoms with Crippen molar-refractivity contribution in [2.24, 2.45) is 0 Å². The van der Waals surface area contributed by atoms with Crippen LogP contribution in [0.5, 0.6) is 0 Å². The van der Waals surface area contributed by atoms with E-state index >= 15 is 0 Å². The summed E-state index contributed by atoms with van der Waals surface area (Å²) >= 11 is 5.70. The number of pyridine rings is 1. The quantitative estimate of drug-likeness (QED) is 0.842. The first kappa shape index (κ1) is 15.4. The first-order valence-corrected chi connectivity index (χ1v) is 6.31. The SMILES string of the molecule is CCC(=O)OCC(C)(C)NC(=O)c1ccc(Cl)cn1. The molecule has 0 radical (unpaired) electrons. The molecule has 6 heteroatoms. The highest BCUT2D eigenvalue weighted by molar-refractivity contribution is 6.30. The van der Waals surface area contributed by atoms with Crippen LogP contribution in [-0.4, -0.2) is 29.0 Å². The van der Waals surface area contributed by atoms with Crippen LogP contribution in [0.1, 0.15) is 37.7 Å². The minimum Gasteiger partial charge on any atom is -0.463 e. The van der Waals surface area contributed by atoms with Gasteiger partial charge in [0.15, 0.2) is 0 Å². The second kappa shape index (κ2) is 6.52. The van der Waals surface area contributed by atoms with E-state index in [9.17, 15) is 9.59 Å². The zero-order valence-electron chi connectivity index (χ0n) is 11.2. The Labute approximate surface area is 117 Å². The molecule has 0 saturated carbocycles. The van der Waals surface area contributed by atoms with E-state index in [0.717, 1.165) is 0 Å². The molecular weight excluding hydrogens is 268 g/mol. The monoisotopic (exact) mass is 284 g/mol. The van der Waals surface area contributed by atoms with Gasteiger partial charge < -0.3 is 10.1 Å². The Morgan fingerprint density at radius 2 is 2.11 bits per heavy atom. The van der Waals surface area contributed by atoms with Gasteiger partial charge in [-0.25, -0.2) is 4.98 Å². The molecule has 1 aromatic rings. The van der Waals surface area contributed by atoms with E-state index in [-0.39, 0.29) is 24.2 Å². The summed E-state index contributed by atoms with van der Waals surface area (Å²) in [5.41, 5.74) is -0.400. The molecule has 0 atom stereocenters. The number of carbonyl (C=O) groups excluding carboxylic acids is 2. The average molecular weight is 285 g/mol. The third-order valence-corrected chi connectivity index (χ3v) is 2.52. The minimum absolute atomic E-state index is 0.110. The molecular formula is C13H17ClN2O3. The molecule has 0 bridgehead atoms. The fourth-order valence-electron chi connectivity index (χ4n) is 1.28. The van der Waals surface area contributed by atoms with Crippen LogP contribution >= 0.6 is 11.6 Å². The summed E-state index contributed by atoms with van der Waals surface area (Å²) in [6.07, 6.45) is 1.71. The predicted molar refractivity (Wildman–Crippen MR) is 72.0 cm³/mol. The molecule has 19 heavy (non-hydrogen) atoms. The number of hydrogen-bond donors (Lipinski definition) is 1. The number of amides is 1. The van der Waals surface area contributed by atoms with Crippen molar-refractivity contribution in [2.45, 2.75) is 32.7 Å². The molecule has 104 valence electrons. The number of ether oxygens (including phenoxy) is 1. The first-order valence-electron chi connectivity index (χ1n) is 5.94. The third kappa shape index (κ3) is 5.26. The molecule has 0 aliphatic carbocycles. The van der Waals surface area contributed by atoms with E-state index in [0.29, 0.717) is 11.4 Å². The van der Waals surface area contributed by atoms with Gasteiger partial charge in [0.2, 0.25) is 0 Å². The summed E-state index contributed by atoms with van der Waals surface area (Å²) in [4.78, 5) is 26.9. The van der Waals surface area contributed by atoms with Gasteiger partial charge >= 0.3 is 5.97 Å². The molecule has 1 aromatic heterocycles. The van der Waals surface area contributed by atoms with Gasteiger partial charge in [-0.2, -0.15) is 0 Å². The highest BCUT2D eigenvalue weighted by Crippen LogP contribution is 2.09. The lowest BCUT2D eigenvalue weighted by Crippen LogP contribution is -2.47. The highest BCUT2D eigenvalue weighted by atomic mass is 35.5. The molecule has 5 nitrogen and oxygen atoms in total. The average Bonchev–Trinajstić information content (AvgIpc) is 2.36. The number of esters is 1. The van der Waals surface area contributed by atoms with Crippen LogP contribution in [0.25, 0.3) is 0 Å². The van der Waals surface area contributed by atoms with Crippen LogP contribution in [0.2, 0.25) is 5.02 Å². The van der Waals surface area contributed by atoms with Crippen LogP contribution in [0.3, 0.4) is 0 Å². The fourth-order valence-corrected chi connectivity index (χ4v) is 1.39. The Morgan fingerprint density at radius 3 is 2.63 bits per heavy atom. The summed E-state index contributed by atoms with van der Waals surface area (Å²) < 4.78 is 5.02. The second-order valence-electron chi connectivity index (χ2n) is 4.71. The molecule has 1 rings (SSSR count). The third-order valence-electron chi connectivity index (χ3n) is 2.29. The van der Waals surface area contributed by atoms with E-state index in [2.05, 4.69) is 10.3 Å². The molecule has 0 saturated heterocycles. The smallest absolute Gasteiger partial charge is 0.305 e.